The quantitative estimate of drug-likeness (QED) is 0.379. The summed E-state index contributed by atoms with van der Waals surface area (Å²) in [7, 11) is 1.93. The number of carbonyl (C=O) groups is 2. The number of carbonyl (C=O) groups excluding carboxylic acids is 2. The maximum absolute atomic E-state index is 14.2. The van der Waals surface area contributed by atoms with Gasteiger partial charge in [-0.25, -0.2) is 9.37 Å². The SMILES string of the molecule is CCN(C(=O)c1cc(F)ccc1Oc1nncnc1N1CCC2(C1)CN(C(CCN(C)CC(N)=O)C(C)C)C2)C(C)C. The molecule has 2 amide bonds. The van der Waals surface area contributed by atoms with E-state index in [0.29, 0.717) is 24.3 Å². The maximum atomic E-state index is 14.2. The molecule has 2 N–H and O–H groups in total. The largest absolute Gasteiger partial charge is 0.434 e. The number of nitrogens with two attached hydrogens (primary N) is 1. The Morgan fingerprint density at radius 2 is 1.93 bits per heavy atom. The highest BCUT2D eigenvalue weighted by molar-refractivity contribution is 5.97. The lowest BCUT2D eigenvalue weighted by molar-refractivity contribution is -0.119. The summed E-state index contributed by atoms with van der Waals surface area (Å²) in [6.07, 6.45) is 3.38. The lowest BCUT2D eigenvalue weighted by Crippen LogP contribution is -2.62. The summed E-state index contributed by atoms with van der Waals surface area (Å²) in [5.74, 6) is 0.322. The van der Waals surface area contributed by atoms with Crippen LogP contribution < -0.4 is 15.4 Å². The summed E-state index contributed by atoms with van der Waals surface area (Å²) < 4.78 is 20.4. The summed E-state index contributed by atoms with van der Waals surface area (Å²) in [6.45, 7) is 15.4. The van der Waals surface area contributed by atoms with Gasteiger partial charge in [0.25, 0.3) is 11.8 Å². The highest BCUT2D eigenvalue weighted by Crippen LogP contribution is 2.44. The number of rotatable bonds is 13. The lowest BCUT2D eigenvalue weighted by atomic mass is 9.76. The van der Waals surface area contributed by atoms with Crippen molar-refractivity contribution in [2.45, 2.75) is 59.5 Å². The first-order chi connectivity index (χ1) is 19.9. The molecule has 1 atom stereocenters. The fourth-order valence-electron chi connectivity index (χ4n) is 6.36. The van der Waals surface area contributed by atoms with Crippen LogP contribution in [0.15, 0.2) is 24.5 Å². The zero-order valence-corrected chi connectivity index (χ0v) is 25.7. The van der Waals surface area contributed by atoms with E-state index in [2.05, 4.69) is 38.8 Å². The zero-order valence-electron chi connectivity index (χ0n) is 25.7. The molecule has 1 spiro atoms. The Morgan fingerprint density at radius 1 is 1.19 bits per heavy atom. The van der Waals surface area contributed by atoms with Crippen LogP contribution >= 0.6 is 0 Å². The Morgan fingerprint density at radius 3 is 2.57 bits per heavy atom. The van der Waals surface area contributed by atoms with Gasteiger partial charge in [0.15, 0.2) is 5.82 Å². The Bertz CT molecular complexity index is 1250. The van der Waals surface area contributed by atoms with E-state index in [-0.39, 0.29) is 47.0 Å². The minimum absolute atomic E-state index is 0.0541. The van der Waals surface area contributed by atoms with Gasteiger partial charge < -0.3 is 20.3 Å². The van der Waals surface area contributed by atoms with Crippen LogP contribution in [0.1, 0.15) is 57.8 Å². The van der Waals surface area contributed by atoms with Gasteiger partial charge in [0.1, 0.15) is 17.9 Å². The third kappa shape index (κ3) is 7.15. The number of amides is 2. The monoisotopic (exact) mass is 584 g/mol. The van der Waals surface area contributed by atoms with Crippen LogP contribution in [0.4, 0.5) is 10.2 Å². The van der Waals surface area contributed by atoms with Crippen LogP contribution in [-0.4, -0.2) is 107 Å². The van der Waals surface area contributed by atoms with Crippen molar-refractivity contribution >= 4 is 17.6 Å². The van der Waals surface area contributed by atoms with E-state index in [1.807, 2.05) is 32.7 Å². The van der Waals surface area contributed by atoms with Gasteiger partial charge >= 0.3 is 0 Å². The van der Waals surface area contributed by atoms with Gasteiger partial charge in [-0.3, -0.25) is 19.4 Å². The molecule has 0 saturated carbocycles. The first-order valence-electron chi connectivity index (χ1n) is 14.8. The summed E-state index contributed by atoms with van der Waals surface area (Å²) in [4.78, 5) is 37.4. The molecule has 1 unspecified atom stereocenters. The Balaban J connectivity index is 1.45. The molecule has 2 saturated heterocycles. The number of likely N-dealkylation sites (N-methyl/N-ethyl adjacent to an activating group) is 1. The maximum Gasteiger partial charge on any atom is 0.282 e. The molecule has 2 aliphatic rings. The van der Waals surface area contributed by atoms with Crippen molar-refractivity contribution in [3.05, 3.63) is 35.9 Å². The number of hydrogen-bond donors (Lipinski definition) is 1. The molecule has 2 fully saturated rings. The minimum Gasteiger partial charge on any atom is -0.434 e. The molecule has 4 rings (SSSR count). The Labute approximate surface area is 248 Å². The molecule has 0 radical (unpaired) electrons. The second-order valence-corrected chi connectivity index (χ2v) is 12.4. The van der Waals surface area contributed by atoms with Gasteiger partial charge in [0.2, 0.25) is 5.91 Å². The highest BCUT2D eigenvalue weighted by Gasteiger charge is 2.50. The Hall–Kier alpha value is -3.38. The number of primary amides is 1. The summed E-state index contributed by atoms with van der Waals surface area (Å²) in [5.41, 5.74) is 5.63. The lowest BCUT2D eigenvalue weighted by Gasteiger charge is -2.53. The molecular formula is C30H45FN8O3. The van der Waals surface area contributed by atoms with Crippen LogP contribution in [0.2, 0.25) is 0 Å². The van der Waals surface area contributed by atoms with Crippen molar-refractivity contribution in [1.82, 2.24) is 29.9 Å². The van der Waals surface area contributed by atoms with Crippen molar-refractivity contribution < 1.29 is 18.7 Å². The van der Waals surface area contributed by atoms with Gasteiger partial charge in [-0.05, 0) is 71.3 Å². The van der Waals surface area contributed by atoms with Gasteiger partial charge in [0.05, 0.1) is 12.1 Å². The number of nitrogens with zero attached hydrogens (tertiary/aromatic N) is 7. The van der Waals surface area contributed by atoms with E-state index in [4.69, 9.17) is 10.5 Å². The molecule has 1 aromatic carbocycles. The molecule has 11 nitrogen and oxygen atoms in total. The number of ether oxygens (including phenoxy) is 1. The third-order valence-corrected chi connectivity index (χ3v) is 8.46. The molecule has 1 aromatic heterocycles. The van der Waals surface area contributed by atoms with Crippen LogP contribution in [0.5, 0.6) is 11.6 Å². The van der Waals surface area contributed by atoms with E-state index < -0.39 is 5.82 Å². The van der Waals surface area contributed by atoms with Crippen LogP contribution in [-0.2, 0) is 4.79 Å². The van der Waals surface area contributed by atoms with E-state index in [0.717, 1.165) is 45.6 Å². The van der Waals surface area contributed by atoms with Crippen molar-refractivity contribution in [2.24, 2.45) is 17.1 Å². The number of aromatic nitrogens is 3. The molecule has 230 valence electrons. The molecular weight excluding hydrogens is 539 g/mol. The average Bonchev–Trinajstić information content (AvgIpc) is 3.35. The second-order valence-electron chi connectivity index (χ2n) is 12.4. The van der Waals surface area contributed by atoms with E-state index in [1.165, 1.54) is 24.5 Å². The van der Waals surface area contributed by atoms with Crippen molar-refractivity contribution in [3.63, 3.8) is 0 Å². The smallest absolute Gasteiger partial charge is 0.282 e. The standard InChI is InChI=1S/C30H45FN8O3/c1-7-39(21(4)5)29(41)23-14-22(31)8-9-25(23)42-28-27(33-19-34-35-28)37-13-11-30(16-37)17-38(18-30)24(20(2)3)10-12-36(6)15-26(32)40/h8-9,14,19-21,24H,7,10-13,15-18H2,1-6H3,(H2,32,40). The first kappa shape index (κ1) is 31.6. The number of benzene rings is 1. The first-order valence-corrected chi connectivity index (χ1v) is 14.8. The summed E-state index contributed by atoms with van der Waals surface area (Å²) >= 11 is 0. The molecule has 42 heavy (non-hydrogen) atoms. The van der Waals surface area contributed by atoms with Crippen molar-refractivity contribution in [2.75, 3.05) is 57.8 Å². The fraction of sp³-hybridized carbons (Fsp3) is 0.633. The van der Waals surface area contributed by atoms with E-state index >= 15 is 0 Å². The normalized spacial score (nSPS) is 17.2. The topological polar surface area (TPSA) is 121 Å². The van der Waals surface area contributed by atoms with Gasteiger partial charge in [0, 0.05) is 50.2 Å². The molecule has 0 bridgehead atoms. The van der Waals surface area contributed by atoms with Crippen molar-refractivity contribution in [1.29, 1.82) is 0 Å². The molecule has 2 aromatic rings. The molecule has 0 aliphatic carbocycles. The minimum atomic E-state index is -0.516. The van der Waals surface area contributed by atoms with Gasteiger partial charge in [-0.15, -0.1) is 10.2 Å². The van der Waals surface area contributed by atoms with Crippen molar-refractivity contribution in [3.8, 4) is 11.6 Å². The highest BCUT2D eigenvalue weighted by atomic mass is 19.1. The average molecular weight is 585 g/mol. The number of anilines is 1. The van der Waals surface area contributed by atoms with Crippen LogP contribution in [0.25, 0.3) is 0 Å². The predicted molar refractivity (Wildman–Crippen MR) is 159 cm³/mol. The van der Waals surface area contributed by atoms with E-state index in [1.54, 1.807) is 4.90 Å². The zero-order chi connectivity index (χ0) is 30.6. The third-order valence-electron chi connectivity index (χ3n) is 8.46. The Kier molecular flexibility index (Phi) is 9.98. The van der Waals surface area contributed by atoms with E-state index in [9.17, 15) is 14.0 Å². The van der Waals surface area contributed by atoms with Crippen LogP contribution in [0.3, 0.4) is 0 Å². The fourth-order valence-corrected chi connectivity index (χ4v) is 6.36. The molecule has 2 aliphatic heterocycles. The predicted octanol–water partition coefficient (Wildman–Crippen LogP) is 3.02. The van der Waals surface area contributed by atoms with Gasteiger partial charge in [-0.2, -0.15) is 0 Å². The summed E-state index contributed by atoms with van der Waals surface area (Å²) in [5, 5.41) is 8.16. The summed E-state index contributed by atoms with van der Waals surface area (Å²) in [6, 6.07) is 4.30. The molecule has 12 heteroatoms. The second kappa shape index (κ2) is 13.3. The molecule has 3 heterocycles. The number of halogens is 1. The van der Waals surface area contributed by atoms with Crippen LogP contribution in [0, 0.1) is 17.2 Å². The number of hydrogen-bond acceptors (Lipinski definition) is 9. The van der Waals surface area contributed by atoms with Gasteiger partial charge in [-0.1, -0.05) is 13.8 Å². The number of likely N-dealkylation sites (tertiary alicyclic amines) is 1.